The van der Waals surface area contributed by atoms with Crippen LogP contribution in [0.5, 0.6) is 23.0 Å². The number of para-hydroxylation sites is 1. The first-order valence-electron chi connectivity index (χ1n) is 16.7. The van der Waals surface area contributed by atoms with Gasteiger partial charge in [-0.2, -0.15) is 0 Å². The Hall–Kier alpha value is -6.13. The highest BCUT2D eigenvalue weighted by molar-refractivity contribution is 7.07. The van der Waals surface area contributed by atoms with E-state index in [9.17, 15) is 9.59 Å². The molecular formula is C42H37N3O6S. The molecule has 0 spiro atoms. The molecule has 10 heteroatoms. The maximum absolute atomic E-state index is 14.4. The van der Waals surface area contributed by atoms with Crippen LogP contribution < -0.4 is 39.2 Å². The zero-order valence-electron chi connectivity index (χ0n) is 29.4. The molecule has 0 fully saturated rings. The number of methoxy groups -OCH3 is 3. The largest absolute Gasteiger partial charge is 0.493 e. The molecule has 0 radical (unpaired) electrons. The Morgan fingerprint density at radius 1 is 0.827 bits per heavy atom. The second kappa shape index (κ2) is 14.6. The van der Waals surface area contributed by atoms with Gasteiger partial charge < -0.3 is 24.3 Å². The van der Waals surface area contributed by atoms with Crippen molar-refractivity contribution in [2.24, 2.45) is 4.99 Å². The summed E-state index contributed by atoms with van der Waals surface area (Å²) in [6.45, 7) is 4.08. The Morgan fingerprint density at radius 3 is 2.33 bits per heavy atom. The molecule has 5 aromatic carbocycles. The topological polar surface area (TPSA) is 100 Å². The molecule has 7 rings (SSSR count). The van der Waals surface area contributed by atoms with Crippen LogP contribution in [0.4, 0.5) is 5.69 Å². The molecular weight excluding hydrogens is 675 g/mol. The van der Waals surface area contributed by atoms with Gasteiger partial charge in [0, 0.05) is 5.69 Å². The SMILES string of the molecule is COc1ccc([C@@H]2C(C(=O)Nc3ccccc3C)=C(C)N=c3s/c(=C\c4ccc(OCc5cccc6ccccc56)c(OC)c4)c(=O)n32)cc1OC. The van der Waals surface area contributed by atoms with Crippen molar-refractivity contribution in [2.75, 3.05) is 26.6 Å². The minimum Gasteiger partial charge on any atom is -0.493 e. The molecule has 6 aromatic rings. The highest BCUT2D eigenvalue weighted by Gasteiger charge is 2.33. The summed E-state index contributed by atoms with van der Waals surface area (Å²) in [5.41, 5.74) is 4.64. The van der Waals surface area contributed by atoms with Gasteiger partial charge in [0.15, 0.2) is 27.8 Å². The summed E-state index contributed by atoms with van der Waals surface area (Å²) in [4.78, 5) is 33.7. The minimum absolute atomic E-state index is 0.285. The average molecular weight is 712 g/mol. The predicted octanol–water partition coefficient (Wildman–Crippen LogP) is 6.94. The van der Waals surface area contributed by atoms with Crippen LogP contribution in [0.1, 0.15) is 35.2 Å². The lowest BCUT2D eigenvalue weighted by atomic mass is 9.94. The third kappa shape index (κ3) is 6.56. The summed E-state index contributed by atoms with van der Waals surface area (Å²) < 4.78 is 25.1. The summed E-state index contributed by atoms with van der Waals surface area (Å²) in [6, 6.07) is 32.1. The Balaban J connectivity index is 1.27. The predicted molar refractivity (Wildman–Crippen MR) is 204 cm³/mol. The van der Waals surface area contributed by atoms with Crippen molar-refractivity contribution in [3.05, 3.63) is 156 Å². The summed E-state index contributed by atoms with van der Waals surface area (Å²) in [7, 11) is 4.70. The number of aryl methyl sites for hydroxylation is 1. The molecule has 1 atom stereocenters. The average Bonchev–Trinajstić information content (AvgIpc) is 3.47. The smallest absolute Gasteiger partial charge is 0.271 e. The molecule has 1 aliphatic heterocycles. The number of carbonyl (C=O) groups excluding carboxylic acids is 1. The Bertz CT molecular complexity index is 2550. The third-order valence-electron chi connectivity index (χ3n) is 9.13. The van der Waals surface area contributed by atoms with Crippen LogP contribution in [-0.4, -0.2) is 31.8 Å². The molecule has 0 aliphatic carbocycles. The summed E-state index contributed by atoms with van der Waals surface area (Å²) in [5, 5.41) is 5.33. The van der Waals surface area contributed by atoms with Gasteiger partial charge >= 0.3 is 0 Å². The van der Waals surface area contributed by atoms with Crippen molar-refractivity contribution in [3.8, 4) is 23.0 Å². The van der Waals surface area contributed by atoms with Crippen molar-refractivity contribution in [1.29, 1.82) is 0 Å². The fraction of sp³-hybridized carbons (Fsp3) is 0.167. The molecule has 1 N–H and O–H groups in total. The number of aromatic nitrogens is 1. The third-order valence-corrected chi connectivity index (χ3v) is 10.1. The van der Waals surface area contributed by atoms with Crippen LogP contribution in [0.15, 0.2) is 124 Å². The molecule has 0 unspecified atom stereocenters. The molecule has 0 saturated heterocycles. The first kappa shape index (κ1) is 34.3. The van der Waals surface area contributed by atoms with E-state index < -0.39 is 6.04 Å². The second-order valence-electron chi connectivity index (χ2n) is 12.3. The number of ether oxygens (including phenoxy) is 4. The number of fused-ring (bicyclic) bond motifs is 2. The zero-order valence-corrected chi connectivity index (χ0v) is 30.2. The van der Waals surface area contributed by atoms with Crippen LogP contribution in [-0.2, 0) is 11.4 Å². The molecule has 262 valence electrons. The van der Waals surface area contributed by atoms with Gasteiger partial charge in [-0.25, -0.2) is 4.99 Å². The van der Waals surface area contributed by atoms with Gasteiger partial charge in [0.1, 0.15) is 6.61 Å². The molecule has 1 aliphatic rings. The number of nitrogens with one attached hydrogen (secondary N) is 1. The first-order chi connectivity index (χ1) is 25.3. The van der Waals surface area contributed by atoms with Crippen LogP contribution in [0.25, 0.3) is 16.8 Å². The highest BCUT2D eigenvalue weighted by Crippen LogP contribution is 2.36. The van der Waals surface area contributed by atoms with Gasteiger partial charge in [-0.1, -0.05) is 84.1 Å². The molecule has 1 aromatic heterocycles. The Labute approximate surface area is 304 Å². The lowest BCUT2D eigenvalue weighted by Crippen LogP contribution is -2.40. The maximum Gasteiger partial charge on any atom is 0.271 e. The number of benzene rings is 5. The number of rotatable bonds is 10. The van der Waals surface area contributed by atoms with E-state index in [2.05, 4.69) is 29.6 Å². The first-order valence-corrected chi connectivity index (χ1v) is 17.5. The van der Waals surface area contributed by atoms with Crippen LogP contribution in [0.3, 0.4) is 0 Å². The number of thiazole rings is 1. The van der Waals surface area contributed by atoms with E-state index in [0.717, 1.165) is 27.5 Å². The van der Waals surface area contributed by atoms with Gasteiger partial charge in [0.2, 0.25) is 0 Å². The molecule has 52 heavy (non-hydrogen) atoms. The van der Waals surface area contributed by atoms with Gasteiger partial charge in [-0.3, -0.25) is 14.2 Å². The fourth-order valence-electron chi connectivity index (χ4n) is 6.47. The maximum atomic E-state index is 14.4. The minimum atomic E-state index is -0.790. The van der Waals surface area contributed by atoms with E-state index in [-0.39, 0.29) is 11.5 Å². The van der Waals surface area contributed by atoms with E-state index in [0.29, 0.717) is 61.5 Å². The molecule has 0 bridgehead atoms. The van der Waals surface area contributed by atoms with Crippen LogP contribution >= 0.6 is 11.3 Å². The van der Waals surface area contributed by atoms with Crippen LogP contribution in [0.2, 0.25) is 0 Å². The number of amides is 1. The lowest BCUT2D eigenvalue weighted by Gasteiger charge is -2.26. The van der Waals surface area contributed by atoms with Gasteiger partial charge in [0.25, 0.3) is 11.5 Å². The standard InChI is InChI=1S/C42H37N3O6S/c1-25-11-6-9-16-32(25)44-40(46)38-26(2)43-42-45(39(38)29-18-20-33(48-3)36(23-29)50-5)41(47)37(52-42)22-27-17-19-34(35(21-27)49-4)51-24-30-14-10-13-28-12-7-8-15-31(28)30/h6-23,39H,24H2,1-5H3,(H,44,46)/b37-22-/t39-/m1/s1. The number of allylic oxidation sites excluding steroid dienone is 1. The normalized spacial score (nSPS) is 14.1. The quantitative estimate of drug-likeness (QED) is 0.165. The van der Waals surface area contributed by atoms with Gasteiger partial charge in [-0.05, 0) is 83.3 Å². The van der Waals surface area contributed by atoms with Gasteiger partial charge in [-0.15, -0.1) is 0 Å². The number of anilines is 1. The van der Waals surface area contributed by atoms with E-state index in [1.807, 2.05) is 73.7 Å². The van der Waals surface area contributed by atoms with Crippen LogP contribution in [0, 0.1) is 6.92 Å². The van der Waals surface area contributed by atoms with E-state index in [4.69, 9.17) is 23.9 Å². The zero-order chi connectivity index (χ0) is 36.4. The lowest BCUT2D eigenvalue weighted by molar-refractivity contribution is -0.113. The summed E-state index contributed by atoms with van der Waals surface area (Å²) in [6.07, 6.45) is 1.80. The van der Waals surface area contributed by atoms with E-state index in [1.54, 1.807) is 51.0 Å². The van der Waals surface area contributed by atoms with Crippen molar-refractivity contribution in [3.63, 3.8) is 0 Å². The summed E-state index contributed by atoms with van der Waals surface area (Å²) >= 11 is 1.26. The van der Waals surface area contributed by atoms with E-state index in [1.165, 1.54) is 11.3 Å². The summed E-state index contributed by atoms with van der Waals surface area (Å²) in [5.74, 6) is 1.78. The molecule has 1 amide bonds. The Morgan fingerprint density at radius 2 is 1.54 bits per heavy atom. The van der Waals surface area contributed by atoms with E-state index >= 15 is 0 Å². The number of nitrogens with zero attached hydrogens (tertiary/aromatic N) is 2. The van der Waals surface area contributed by atoms with Gasteiger partial charge in [0.05, 0.1) is 43.2 Å². The Kier molecular flexibility index (Phi) is 9.65. The number of hydrogen-bond donors (Lipinski definition) is 1. The van der Waals surface area contributed by atoms with Crippen molar-refractivity contribution >= 4 is 39.8 Å². The van der Waals surface area contributed by atoms with Crippen molar-refractivity contribution in [2.45, 2.75) is 26.5 Å². The molecule has 0 saturated carbocycles. The number of carbonyl (C=O) groups is 1. The van der Waals surface area contributed by atoms with Crippen molar-refractivity contribution in [1.82, 2.24) is 4.57 Å². The molecule has 2 heterocycles. The number of hydrogen-bond acceptors (Lipinski definition) is 8. The monoisotopic (exact) mass is 711 g/mol. The molecule has 9 nitrogen and oxygen atoms in total. The fourth-order valence-corrected chi connectivity index (χ4v) is 7.52. The van der Waals surface area contributed by atoms with Crippen molar-refractivity contribution < 1.29 is 23.7 Å². The highest BCUT2D eigenvalue weighted by atomic mass is 32.1. The second-order valence-corrected chi connectivity index (χ2v) is 13.3.